The Bertz CT molecular complexity index is 608. The maximum atomic E-state index is 12.5. The Kier molecular flexibility index (Phi) is 4.11. The fraction of sp³-hybridized carbons (Fsp3) is 0.308. The number of nitrogens with two attached hydrogens (primary N) is 1. The van der Waals surface area contributed by atoms with Crippen molar-refractivity contribution in [1.82, 2.24) is 15.1 Å². The van der Waals surface area contributed by atoms with Gasteiger partial charge in [0.2, 0.25) is 0 Å². The van der Waals surface area contributed by atoms with Crippen LogP contribution in [-0.2, 0) is 0 Å². The molecule has 0 aliphatic rings. The highest BCUT2D eigenvalue weighted by molar-refractivity contribution is 7.21. The van der Waals surface area contributed by atoms with Crippen LogP contribution in [0, 0.1) is 0 Å². The van der Waals surface area contributed by atoms with E-state index in [-0.39, 0.29) is 5.91 Å². The molecule has 6 heteroatoms. The van der Waals surface area contributed by atoms with E-state index in [1.807, 2.05) is 6.92 Å². The number of carbonyl (C=O) groups excluding carboxylic acids is 1. The van der Waals surface area contributed by atoms with E-state index in [1.165, 1.54) is 11.3 Å². The molecule has 2 N–H and O–H groups in total. The smallest absolute Gasteiger partial charge is 0.266 e. The van der Waals surface area contributed by atoms with Crippen LogP contribution in [0.2, 0.25) is 0 Å². The van der Waals surface area contributed by atoms with Crippen molar-refractivity contribution >= 4 is 33.1 Å². The molecule has 0 atom stereocenters. The van der Waals surface area contributed by atoms with E-state index in [9.17, 15) is 4.79 Å². The molecule has 2 heterocycles. The third-order valence-electron chi connectivity index (χ3n) is 2.74. The van der Waals surface area contributed by atoms with Crippen LogP contribution in [-0.4, -0.2) is 34.1 Å². The van der Waals surface area contributed by atoms with Gasteiger partial charge >= 0.3 is 0 Å². The number of carbonyl (C=O) groups is 1. The van der Waals surface area contributed by atoms with Crippen LogP contribution >= 0.6 is 11.3 Å². The zero-order chi connectivity index (χ0) is 13.8. The zero-order valence-corrected chi connectivity index (χ0v) is 11.6. The van der Waals surface area contributed by atoms with Gasteiger partial charge in [-0.25, -0.2) is 0 Å². The van der Waals surface area contributed by atoms with Crippen molar-refractivity contribution in [2.45, 2.75) is 13.3 Å². The van der Waals surface area contributed by atoms with Crippen molar-refractivity contribution in [2.24, 2.45) is 0 Å². The lowest BCUT2D eigenvalue weighted by atomic mass is 10.2. The Morgan fingerprint density at radius 3 is 3.05 bits per heavy atom. The Morgan fingerprint density at radius 2 is 2.42 bits per heavy atom. The van der Waals surface area contributed by atoms with Gasteiger partial charge in [0, 0.05) is 18.5 Å². The molecule has 0 bridgehead atoms. The van der Waals surface area contributed by atoms with Crippen molar-refractivity contribution in [3.05, 3.63) is 29.8 Å². The standard InChI is InChI=1S/C13H16N4OS/c1-3-7-17(8-4-2)13(18)11-10(14)9-5-6-15-16-12(9)19-11/h3,5-6H,1,4,7-8,14H2,2H3. The Balaban J connectivity index is 2.39. The lowest BCUT2D eigenvalue weighted by Crippen LogP contribution is -2.31. The highest BCUT2D eigenvalue weighted by Gasteiger charge is 2.21. The quantitative estimate of drug-likeness (QED) is 0.851. The molecule has 0 saturated carbocycles. The summed E-state index contributed by atoms with van der Waals surface area (Å²) in [5, 5.41) is 8.59. The minimum Gasteiger partial charge on any atom is -0.397 e. The number of thiophene rings is 1. The summed E-state index contributed by atoms with van der Waals surface area (Å²) in [7, 11) is 0. The number of anilines is 1. The fourth-order valence-electron chi connectivity index (χ4n) is 1.88. The molecule has 1 amide bonds. The van der Waals surface area contributed by atoms with Crippen molar-refractivity contribution < 1.29 is 4.79 Å². The normalized spacial score (nSPS) is 10.6. The second-order valence-corrected chi connectivity index (χ2v) is 5.13. The van der Waals surface area contributed by atoms with Gasteiger partial charge in [-0.3, -0.25) is 4.79 Å². The SMILES string of the molecule is C=CCN(CCC)C(=O)c1sc2nnccc2c1N. The number of nitrogen functional groups attached to an aromatic ring is 1. The molecule has 0 aliphatic carbocycles. The van der Waals surface area contributed by atoms with Gasteiger partial charge in [-0.1, -0.05) is 13.0 Å². The number of nitrogens with zero attached hydrogens (tertiary/aromatic N) is 3. The molecule has 19 heavy (non-hydrogen) atoms. The molecular formula is C13H16N4OS. The molecule has 2 aromatic rings. The minimum atomic E-state index is -0.0674. The average molecular weight is 276 g/mol. The summed E-state index contributed by atoms with van der Waals surface area (Å²) >= 11 is 1.29. The predicted octanol–water partition coefficient (Wildman–Crippen LogP) is 2.31. The maximum absolute atomic E-state index is 12.5. The molecule has 0 radical (unpaired) electrons. The number of hydrogen-bond donors (Lipinski definition) is 1. The van der Waals surface area contributed by atoms with Gasteiger partial charge < -0.3 is 10.6 Å². The van der Waals surface area contributed by atoms with Gasteiger partial charge in [0.15, 0.2) is 0 Å². The second kappa shape index (κ2) is 5.79. The first-order chi connectivity index (χ1) is 9.19. The van der Waals surface area contributed by atoms with Crippen LogP contribution < -0.4 is 5.73 Å². The Hall–Kier alpha value is -1.95. The van der Waals surface area contributed by atoms with Gasteiger partial charge in [0.25, 0.3) is 5.91 Å². The van der Waals surface area contributed by atoms with Crippen molar-refractivity contribution in [2.75, 3.05) is 18.8 Å². The van der Waals surface area contributed by atoms with Crippen molar-refractivity contribution in [3.63, 3.8) is 0 Å². The summed E-state index contributed by atoms with van der Waals surface area (Å²) in [6.07, 6.45) is 4.19. The number of fused-ring (bicyclic) bond motifs is 1. The summed E-state index contributed by atoms with van der Waals surface area (Å²) in [5.74, 6) is -0.0674. The van der Waals surface area contributed by atoms with Gasteiger partial charge in [-0.15, -0.1) is 23.0 Å². The predicted molar refractivity (Wildman–Crippen MR) is 78.2 cm³/mol. The van der Waals surface area contributed by atoms with Crippen LogP contribution in [0.3, 0.4) is 0 Å². The number of rotatable bonds is 5. The summed E-state index contributed by atoms with van der Waals surface area (Å²) in [5.41, 5.74) is 6.53. The largest absolute Gasteiger partial charge is 0.397 e. The zero-order valence-electron chi connectivity index (χ0n) is 10.8. The van der Waals surface area contributed by atoms with E-state index in [0.29, 0.717) is 28.5 Å². The van der Waals surface area contributed by atoms with E-state index in [0.717, 1.165) is 11.8 Å². The number of aromatic nitrogens is 2. The molecule has 0 spiro atoms. The first kappa shape index (κ1) is 13.5. The second-order valence-electron chi connectivity index (χ2n) is 4.13. The first-order valence-electron chi connectivity index (χ1n) is 6.08. The number of hydrogen-bond acceptors (Lipinski definition) is 5. The molecule has 2 aromatic heterocycles. The lowest BCUT2D eigenvalue weighted by molar-refractivity contribution is 0.0780. The van der Waals surface area contributed by atoms with Gasteiger partial charge in [-0.2, -0.15) is 5.10 Å². The lowest BCUT2D eigenvalue weighted by Gasteiger charge is -2.19. The first-order valence-corrected chi connectivity index (χ1v) is 6.90. The highest BCUT2D eigenvalue weighted by atomic mass is 32.1. The summed E-state index contributed by atoms with van der Waals surface area (Å²) in [6, 6.07) is 1.78. The molecule has 100 valence electrons. The van der Waals surface area contributed by atoms with E-state index in [1.54, 1.807) is 23.2 Å². The van der Waals surface area contributed by atoms with Crippen LogP contribution in [0.4, 0.5) is 5.69 Å². The fourth-order valence-corrected chi connectivity index (χ4v) is 2.88. The van der Waals surface area contributed by atoms with Crippen LogP contribution in [0.25, 0.3) is 10.2 Å². The maximum Gasteiger partial charge on any atom is 0.266 e. The molecular weight excluding hydrogens is 260 g/mol. The molecule has 0 unspecified atom stereocenters. The van der Waals surface area contributed by atoms with E-state index in [2.05, 4.69) is 16.8 Å². The monoisotopic (exact) mass is 276 g/mol. The van der Waals surface area contributed by atoms with Crippen molar-refractivity contribution in [3.8, 4) is 0 Å². The van der Waals surface area contributed by atoms with Crippen LogP contribution in [0.5, 0.6) is 0 Å². The molecule has 0 aromatic carbocycles. The minimum absolute atomic E-state index is 0.0674. The van der Waals surface area contributed by atoms with Gasteiger partial charge in [0.05, 0.1) is 11.9 Å². The summed E-state index contributed by atoms with van der Waals surface area (Å²) < 4.78 is 0. The van der Waals surface area contributed by atoms with Gasteiger partial charge in [0.1, 0.15) is 9.71 Å². The van der Waals surface area contributed by atoms with E-state index < -0.39 is 0 Å². The summed E-state index contributed by atoms with van der Waals surface area (Å²) in [4.78, 5) is 15.4. The van der Waals surface area contributed by atoms with Crippen molar-refractivity contribution in [1.29, 1.82) is 0 Å². The number of amides is 1. The topological polar surface area (TPSA) is 72.1 Å². The Labute approximate surface area is 115 Å². The molecule has 0 aliphatic heterocycles. The van der Waals surface area contributed by atoms with E-state index >= 15 is 0 Å². The molecule has 5 nitrogen and oxygen atoms in total. The molecule has 2 rings (SSSR count). The Morgan fingerprint density at radius 1 is 1.63 bits per heavy atom. The average Bonchev–Trinajstić information content (AvgIpc) is 2.76. The molecule has 0 fully saturated rings. The molecule has 0 saturated heterocycles. The van der Waals surface area contributed by atoms with E-state index in [4.69, 9.17) is 5.73 Å². The van der Waals surface area contributed by atoms with Crippen LogP contribution in [0.15, 0.2) is 24.9 Å². The van der Waals surface area contributed by atoms with Crippen LogP contribution in [0.1, 0.15) is 23.0 Å². The third kappa shape index (κ3) is 2.58. The third-order valence-corrected chi connectivity index (χ3v) is 3.84. The van der Waals surface area contributed by atoms with Gasteiger partial charge in [-0.05, 0) is 12.5 Å². The highest BCUT2D eigenvalue weighted by Crippen LogP contribution is 2.32. The summed E-state index contributed by atoms with van der Waals surface area (Å²) in [6.45, 7) is 6.92.